The van der Waals surface area contributed by atoms with Crippen LogP contribution in [0.15, 0.2) is 188 Å². The molecule has 0 aliphatic carbocycles. The van der Waals surface area contributed by atoms with Crippen LogP contribution in [0.4, 0.5) is 0 Å². The first kappa shape index (κ1) is 40.4. The third-order valence-electron chi connectivity index (χ3n) is 12.3. The molecule has 10 rings (SSSR count). The van der Waals surface area contributed by atoms with Gasteiger partial charge in [-0.15, -0.1) is 0 Å². The standard InChI is InChI=1S/C59H50N4O/c1-58(2,3)45-31-41(32-46(36-45)59(4,5)6)42-34-53(62-54(35-42)51-20-11-13-24-56(51)64)44-29-40(39-16-15-26-60-37-39)28-43(30-44)52-33-38(25-27-61-52)48-21-14-22-50-49-19-10-12-23-55(49)63(57(48)50)47-17-8-7-9-18-47/h7-37,64H,1-6H3. The van der Waals surface area contributed by atoms with Gasteiger partial charge in [0.25, 0.3) is 0 Å². The van der Waals surface area contributed by atoms with E-state index >= 15 is 0 Å². The van der Waals surface area contributed by atoms with Crippen LogP contribution in [0.5, 0.6) is 5.75 Å². The Hall–Kier alpha value is -7.63. The molecule has 5 nitrogen and oxygen atoms in total. The number of benzene rings is 6. The maximum Gasteiger partial charge on any atom is 0.124 e. The van der Waals surface area contributed by atoms with E-state index in [-0.39, 0.29) is 16.6 Å². The van der Waals surface area contributed by atoms with Gasteiger partial charge in [0.05, 0.1) is 28.1 Å². The summed E-state index contributed by atoms with van der Waals surface area (Å²) >= 11 is 0. The van der Waals surface area contributed by atoms with E-state index in [0.29, 0.717) is 11.3 Å². The Morgan fingerprint density at radius 2 is 1.05 bits per heavy atom. The molecule has 0 spiro atoms. The minimum atomic E-state index is -0.0650. The summed E-state index contributed by atoms with van der Waals surface area (Å²) < 4.78 is 2.38. The van der Waals surface area contributed by atoms with Crippen molar-refractivity contribution in [3.05, 3.63) is 200 Å². The molecule has 10 aromatic rings. The predicted octanol–water partition coefficient (Wildman–Crippen LogP) is 15.3. The van der Waals surface area contributed by atoms with Crippen molar-refractivity contribution in [3.63, 3.8) is 0 Å². The molecular formula is C59H50N4O. The largest absolute Gasteiger partial charge is 0.507 e. The molecule has 0 radical (unpaired) electrons. The second-order valence-electron chi connectivity index (χ2n) is 18.8. The van der Waals surface area contributed by atoms with Crippen molar-refractivity contribution in [2.24, 2.45) is 0 Å². The summed E-state index contributed by atoms with van der Waals surface area (Å²) in [7, 11) is 0. The molecule has 312 valence electrons. The molecule has 0 saturated carbocycles. The highest BCUT2D eigenvalue weighted by molar-refractivity contribution is 6.13. The van der Waals surface area contributed by atoms with Gasteiger partial charge in [0.2, 0.25) is 0 Å². The Labute approximate surface area is 375 Å². The van der Waals surface area contributed by atoms with Crippen LogP contribution < -0.4 is 0 Å². The maximum atomic E-state index is 11.2. The molecule has 64 heavy (non-hydrogen) atoms. The van der Waals surface area contributed by atoms with Gasteiger partial charge in [-0.3, -0.25) is 9.97 Å². The zero-order valence-corrected chi connectivity index (χ0v) is 37.1. The summed E-state index contributed by atoms with van der Waals surface area (Å²) in [5.74, 6) is 0.184. The number of rotatable bonds is 7. The van der Waals surface area contributed by atoms with E-state index in [4.69, 9.17) is 9.97 Å². The Morgan fingerprint density at radius 3 is 1.78 bits per heavy atom. The van der Waals surface area contributed by atoms with Gasteiger partial charge in [-0.2, -0.15) is 0 Å². The molecular weight excluding hydrogens is 781 g/mol. The van der Waals surface area contributed by atoms with Gasteiger partial charge in [-0.25, -0.2) is 4.98 Å². The number of hydrogen-bond acceptors (Lipinski definition) is 4. The Morgan fingerprint density at radius 1 is 0.438 bits per heavy atom. The first-order valence-electron chi connectivity index (χ1n) is 22.0. The first-order valence-corrected chi connectivity index (χ1v) is 22.0. The average molecular weight is 831 g/mol. The summed E-state index contributed by atoms with van der Waals surface area (Å²) in [5, 5.41) is 13.6. The number of pyridine rings is 3. The van der Waals surface area contributed by atoms with Crippen molar-refractivity contribution in [1.82, 2.24) is 19.5 Å². The van der Waals surface area contributed by atoms with Gasteiger partial charge in [0.15, 0.2) is 0 Å². The third-order valence-corrected chi connectivity index (χ3v) is 12.3. The van der Waals surface area contributed by atoms with Gasteiger partial charge in [-0.05, 0) is 123 Å². The number of hydrogen-bond donors (Lipinski definition) is 1. The summed E-state index contributed by atoms with van der Waals surface area (Å²) in [6.07, 6.45) is 5.62. The van der Waals surface area contributed by atoms with Gasteiger partial charge in [0, 0.05) is 62.9 Å². The molecule has 5 heteroatoms. The molecule has 0 fully saturated rings. The predicted molar refractivity (Wildman–Crippen MR) is 266 cm³/mol. The number of fused-ring (bicyclic) bond motifs is 3. The minimum Gasteiger partial charge on any atom is -0.507 e. The zero-order chi connectivity index (χ0) is 44.2. The van der Waals surface area contributed by atoms with E-state index in [1.165, 1.54) is 21.9 Å². The summed E-state index contributed by atoms with van der Waals surface area (Å²) in [6.45, 7) is 13.6. The lowest BCUT2D eigenvalue weighted by molar-refractivity contribution is 0.477. The third kappa shape index (κ3) is 7.64. The number of para-hydroxylation sites is 4. The highest BCUT2D eigenvalue weighted by atomic mass is 16.3. The molecule has 4 aromatic heterocycles. The van der Waals surface area contributed by atoms with Gasteiger partial charge in [0.1, 0.15) is 5.75 Å². The Balaban J connectivity index is 1.19. The van der Waals surface area contributed by atoms with Crippen LogP contribution in [-0.4, -0.2) is 24.6 Å². The fourth-order valence-electron chi connectivity index (χ4n) is 8.81. The van der Waals surface area contributed by atoms with Crippen molar-refractivity contribution in [2.75, 3.05) is 0 Å². The highest BCUT2D eigenvalue weighted by Crippen LogP contribution is 2.42. The molecule has 0 saturated heterocycles. The van der Waals surface area contributed by atoms with Gasteiger partial charge in [-0.1, -0.05) is 133 Å². The normalized spacial score (nSPS) is 12.0. The fraction of sp³-hybridized carbons (Fsp3) is 0.136. The van der Waals surface area contributed by atoms with Crippen LogP contribution >= 0.6 is 0 Å². The molecule has 4 heterocycles. The summed E-state index contributed by atoms with van der Waals surface area (Å²) in [6, 6.07) is 59.5. The minimum absolute atomic E-state index is 0.0650. The lowest BCUT2D eigenvalue weighted by Crippen LogP contribution is -2.16. The maximum absolute atomic E-state index is 11.2. The SMILES string of the molecule is CC(C)(C)c1cc(-c2cc(-c3cc(-c4cccnc4)cc(-c4cc(-c5cccc6c7ccccc7n(-c7ccccc7)c56)ccn4)c3)nc(-c3ccccc3O)c2)cc(C(C)(C)C)c1. The zero-order valence-electron chi connectivity index (χ0n) is 37.1. The van der Waals surface area contributed by atoms with Gasteiger partial charge < -0.3 is 9.67 Å². The van der Waals surface area contributed by atoms with E-state index in [0.717, 1.165) is 72.6 Å². The number of phenolic OH excluding ortho intramolecular Hbond substituents is 1. The number of nitrogens with zero attached hydrogens (tertiary/aromatic N) is 4. The Bertz CT molecular complexity index is 3320. The van der Waals surface area contributed by atoms with Crippen molar-refractivity contribution >= 4 is 21.8 Å². The number of phenols is 1. The summed E-state index contributed by atoms with van der Waals surface area (Å²) in [4.78, 5) is 14.9. The summed E-state index contributed by atoms with van der Waals surface area (Å²) in [5.41, 5.74) is 17.0. The molecule has 0 bridgehead atoms. The van der Waals surface area contributed by atoms with Gasteiger partial charge >= 0.3 is 0 Å². The molecule has 1 N–H and O–H groups in total. The molecule has 0 unspecified atom stereocenters. The lowest BCUT2D eigenvalue weighted by Gasteiger charge is -2.26. The molecule has 0 amide bonds. The van der Waals surface area contributed by atoms with Crippen LogP contribution in [0, 0.1) is 0 Å². The van der Waals surface area contributed by atoms with Crippen LogP contribution in [0.1, 0.15) is 52.7 Å². The van der Waals surface area contributed by atoms with Crippen molar-refractivity contribution < 1.29 is 5.11 Å². The second kappa shape index (κ2) is 15.9. The second-order valence-corrected chi connectivity index (χ2v) is 18.8. The van der Waals surface area contributed by atoms with E-state index < -0.39 is 0 Å². The fourth-order valence-corrected chi connectivity index (χ4v) is 8.81. The van der Waals surface area contributed by atoms with E-state index in [9.17, 15) is 5.11 Å². The van der Waals surface area contributed by atoms with E-state index in [1.54, 1.807) is 12.3 Å². The molecule has 0 aliphatic heterocycles. The highest BCUT2D eigenvalue weighted by Gasteiger charge is 2.23. The molecule has 0 atom stereocenters. The van der Waals surface area contributed by atoms with Crippen LogP contribution in [0.2, 0.25) is 0 Å². The van der Waals surface area contributed by atoms with Crippen LogP contribution in [0.3, 0.4) is 0 Å². The van der Waals surface area contributed by atoms with Crippen LogP contribution in [-0.2, 0) is 10.8 Å². The topological polar surface area (TPSA) is 63.8 Å². The number of aromatic hydroxyl groups is 1. The van der Waals surface area contributed by atoms with Crippen molar-refractivity contribution in [1.29, 1.82) is 0 Å². The van der Waals surface area contributed by atoms with E-state index in [1.807, 2.05) is 36.7 Å². The molecule has 0 aliphatic rings. The lowest BCUT2D eigenvalue weighted by atomic mass is 9.79. The number of aromatic nitrogens is 4. The Kier molecular flexibility index (Phi) is 10.1. The quantitative estimate of drug-likeness (QED) is 0.174. The van der Waals surface area contributed by atoms with Crippen molar-refractivity contribution in [3.8, 4) is 78.6 Å². The van der Waals surface area contributed by atoms with Crippen LogP contribution in [0.25, 0.3) is 94.6 Å². The monoisotopic (exact) mass is 830 g/mol. The van der Waals surface area contributed by atoms with Crippen molar-refractivity contribution in [2.45, 2.75) is 52.4 Å². The first-order chi connectivity index (χ1) is 30.9. The van der Waals surface area contributed by atoms with E-state index in [2.05, 4.69) is 191 Å². The average Bonchev–Trinajstić information content (AvgIpc) is 3.66. The smallest absolute Gasteiger partial charge is 0.124 e. The molecule has 6 aromatic carbocycles.